The minimum absolute atomic E-state index is 0. The minimum atomic E-state index is -1.00. The fraction of sp³-hybridized carbons (Fsp3) is 0.167. The summed E-state index contributed by atoms with van der Waals surface area (Å²) in [5, 5.41) is 9.04. The van der Waals surface area contributed by atoms with Crippen molar-refractivity contribution in [2.24, 2.45) is 0 Å². The Morgan fingerprint density at radius 1 is 1.38 bits per heavy atom. The first-order valence-corrected chi connectivity index (χ1v) is 4.06. The van der Waals surface area contributed by atoms with Crippen LogP contribution < -0.4 is 0 Å². The van der Waals surface area contributed by atoms with Crippen LogP contribution in [-0.2, 0) is 0 Å². The first-order valence-electron chi connectivity index (χ1n) is 2.83. The Kier molecular flexibility index (Phi) is 7.99. The van der Waals surface area contributed by atoms with Crippen LogP contribution in [0.15, 0.2) is 17.6 Å². The molecule has 1 rings (SSSR count). The van der Waals surface area contributed by atoms with E-state index in [1.54, 1.807) is 0 Å². The van der Waals surface area contributed by atoms with Gasteiger partial charge in [0.05, 0.1) is 5.56 Å². The molecule has 0 aromatic carbocycles. The summed E-state index contributed by atoms with van der Waals surface area (Å²) in [6.07, 6.45) is 4.41. The lowest BCUT2D eigenvalue weighted by atomic mass is 10.4. The van der Waals surface area contributed by atoms with E-state index in [1.165, 1.54) is 24.2 Å². The average molecular weight is 243 g/mol. The molecule has 7 heteroatoms. The second kappa shape index (κ2) is 6.94. The molecule has 0 spiro atoms. The predicted octanol–water partition coefficient (Wildman–Crippen LogP) is 1.74. The van der Waals surface area contributed by atoms with Crippen LogP contribution in [0.25, 0.3) is 0 Å². The van der Waals surface area contributed by atoms with E-state index in [-0.39, 0.29) is 30.4 Å². The van der Waals surface area contributed by atoms with Crippen LogP contribution in [0, 0.1) is 0 Å². The molecule has 74 valence electrons. The Labute approximate surface area is 92.0 Å². The fourth-order valence-corrected chi connectivity index (χ4v) is 0.848. The van der Waals surface area contributed by atoms with Gasteiger partial charge in [0.15, 0.2) is 5.16 Å². The highest BCUT2D eigenvalue weighted by Crippen LogP contribution is 2.06. The number of rotatable bonds is 2. The molecule has 0 radical (unpaired) electrons. The van der Waals surface area contributed by atoms with E-state index in [2.05, 4.69) is 9.97 Å². The van der Waals surface area contributed by atoms with Gasteiger partial charge < -0.3 is 5.11 Å². The van der Waals surface area contributed by atoms with Crippen LogP contribution in [0.2, 0.25) is 0 Å². The van der Waals surface area contributed by atoms with E-state index in [9.17, 15) is 4.79 Å². The summed E-state index contributed by atoms with van der Waals surface area (Å²) in [6, 6.07) is 0. The number of halogens is 2. The molecule has 0 fully saturated rings. The van der Waals surface area contributed by atoms with Gasteiger partial charge in [0.1, 0.15) is 0 Å². The molecule has 13 heavy (non-hydrogen) atoms. The Hall–Kier alpha value is -0.520. The lowest BCUT2D eigenvalue weighted by Crippen LogP contribution is -1.98. The van der Waals surface area contributed by atoms with Crippen molar-refractivity contribution in [2.45, 2.75) is 5.16 Å². The van der Waals surface area contributed by atoms with Crippen molar-refractivity contribution >= 4 is 42.5 Å². The number of nitrogens with zero attached hydrogens (tertiary/aromatic N) is 2. The van der Waals surface area contributed by atoms with Crippen molar-refractivity contribution in [2.75, 3.05) is 6.26 Å². The van der Waals surface area contributed by atoms with Crippen molar-refractivity contribution in [3.05, 3.63) is 18.0 Å². The maximum Gasteiger partial charge on any atom is 0.338 e. The summed E-state index contributed by atoms with van der Waals surface area (Å²) in [5.74, 6) is -1.00. The number of aromatic carboxylic acids is 1. The molecule has 0 saturated heterocycles. The predicted molar refractivity (Wildman–Crippen MR) is 55.3 cm³/mol. The van der Waals surface area contributed by atoms with Gasteiger partial charge in [-0.3, -0.25) is 0 Å². The van der Waals surface area contributed by atoms with E-state index >= 15 is 0 Å². The van der Waals surface area contributed by atoms with Gasteiger partial charge in [0, 0.05) is 12.4 Å². The molecule has 0 aliphatic carbocycles. The third-order valence-corrected chi connectivity index (χ3v) is 1.63. The van der Waals surface area contributed by atoms with Crippen LogP contribution in [0.1, 0.15) is 10.4 Å². The summed E-state index contributed by atoms with van der Waals surface area (Å²) in [6.45, 7) is 0. The van der Waals surface area contributed by atoms with Gasteiger partial charge in [0.2, 0.25) is 0 Å². The number of thioether (sulfide) groups is 1. The Bertz CT molecular complexity index is 268. The van der Waals surface area contributed by atoms with Gasteiger partial charge in [-0.25, -0.2) is 14.8 Å². The van der Waals surface area contributed by atoms with Crippen molar-refractivity contribution in [1.82, 2.24) is 9.97 Å². The quantitative estimate of drug-likeness (QED) is 0.633. The van der Waals surface area contributed by atoms with Crippen LogP contribution in [-0.4, -0.2) is 27.3 Å². The second-order valence-electron chi connectivity index (χ2n) is 1.76. The van der Waals surface area contributed by atoms with Gasteiger partial charge in [-0.05, 0) is 6.26 Å². The van der Waals surface area contributed by atoms with E-state index in [1.807, 2.05) is 6.26 Å². The Morgan fingerprint density at radius 3 is 2.15 bits per heavy atom. The van der Waals surface area contributed by atoms with E-state index in [4.69, 9.17) is 5.11 Å². The highest BCUT2D eigenvalue weighted by atomic mass is 35.5. The number of carboxylic acids is 1. The number of carbonyl (C=O) groups is 1. The normalized spacial score (nSPS) is 8.08. The average Bonchev–Trinajstić information content (AvgIpc) is 2.05. The SMILES string of the molecule is CSc1ncc(C(=O)O)cn1.Cl.Cl. The molecule has 1 N–H and O–H groups in total. The smallest absolute Gasteiger partial charge is 0.338 e. The Morgan fingerprint density at radius 2 is 1.85 bits per heavy atom. The molecular formula is C6H8Cl2N2O2S. The molecule has 4 nitrogen and oxygen atoms in total. The fourth-order valence-electron chi connectivity index (χ4n) is 0.532. The summed E-state index contributed by atoms with van der Waals surface area (Å²) in [4.78, 5) is 17.9. The molecule has 0 saturated carbocycles. The molecule has 0 unspecified atom stereocenters. The van der Waals surface area contributed by atoms with Crippen molar-refractivity contribution < 1.29 is 9.90 Å². The van der Waals surface area contributed by atoms with E-state index in [0.717, 1.165) is 0 Å². The first kappa shape index (κ1) is 15.0. The number of carboxylic acid groups (broad SMARTS) is 1. The molecule has 1 aromatic rings. The zero-order chi connectivity index (χ0) is 8.27. The van der Waals surface area contributed by atoms with Crippen LogP contribution in [0.3, 0.4) is 0 Å². The van der Waals surface area contributed by atoms with Crippen molar-refractivity contribution in [1.29, 1.82) is 0 Å². The highest BCUT2D eigenvalue weighted by molar-refractivity contribution is 7.98. The van der Waals surface area contributed by atoms with Gasteiger partial charge in [-0.2, -0.15) is 0 Å². The molecule has 0 aliphatic rings. The van der Waals surface area contributed by atoms with Gasteiger partial charge in [-0.1, -0.05) is 11.8 Å². The van der Waals surface area contributed by atoms with Gasteiger partial charge in [0.25, 0.3) is 0 Å². The topological polar surface area (TPSA) is 63.1 Å². The highest BCUT2D eigenvalue weighted by Gasteiger charge is 2.02. The van der Waals surface area contributed by atoms with Gasteiger partial charge in [-0.15, -0.1) is 24.8 Å². The molecule has 1 heterocycles. The van der Waals surface area contributed by atoms with E-state index in [0.29, 0.717) is 5.16 Å². The number of hydrogen-bond donors (Lipinski definition) is 1. The monoisotopic (exact) mass is 242 g/mol. The zero-order valence-electron chi connectivity index (χ0n) is 6.63. The summed E-state index contributed by atoms with van der Waals surface area (Å²) >= 11 is 1.37. The van der Waals surface area contributed by atoms with Gasteiger partial charge >= 0.3 is 5.97 Å². The van der Waals surface area contributed by atoms with Crippen LogP contribution >= 0.6 is 36.6 Å². The van der Waals surface area contributed by atoms with Crippen molar-refractivity contribution in [3.63, 3.8) is 0 Å². The largest absolute Gasteiger partial charge is 0.478 e. The standard InChI is InChI=1S/C6H6N2O2S.2ClH/c1-11-6-7-2-4(3-8-6)5(9)10;;/h2-3H,1H3,(H,9,10);2*1H. The second-order valence-corrected chi connectivity index (χ2v) is 2.54. The lowest BCUT2D eigenvalue weighted by Gasteiger charge is -1.93. The maximum atomic E-state index is 10.3. The summed E-state index contributed by atoms with van der Waals surface area (Å²) < 4.78 is 0. The van der Waals surface area contributed by atoms with Crippen LogP contribution in [0.5, 0.6) is 0 Å². The molecule has 0 bridgehead atoms. The molecular weight excluding hydrogens is 235 g/mol. The van der Waals surface area contributed by atoms with Crippen molar-refractivity contribution in [3.8, 4) is 0 Å². The maximum absolute atomic E-state index is 10.3. The van der Waals surface area contributed by atoms with E-state index < -0.39 is 5.97 Å². The first-order chi connectivity index (χ1) is 5.24. The summed E-state index contributed by atoms with van der Waals surface area (Å²) in [7, 11) is 0. The third-order valence-electron chi connectivity index (χ3n) is 1.06. The zero-order valence-corrected chi connectivity index (χ0v) is 9.08. The molecule has 1 aromatic heterocycles. The molecule has 0 atom stereocenters. The number of hydrogen-bond acceptors (Lipinski definition) is 4. The Balaban J connectivity index is 0. The number of aromatic nitrogens is 2. The lowest BCUT2D eigenvalue weighted by molar-refractivity contribution is 0.0695. The molecule has 0 amide bonds. The summed E-state index contributed by atoms with van der Waals surface area (Å²) in [5.41, 5.74) is 0.114. The third kappa shape index (κ3) is 4.31. The molecule has 0 aliphatic heterocycles. The van der Waals surface area contributed by atoms with Crippen LogP contribution in [0.4, 0.5) is 0 Å². The minimum Gasteiger partial charge on any atom is -0.478 e.